The van der Waals surface area contributed by atoms with Gasteiger partial charge in [0.2, 0.25) is 0 Å². The van der Waals surface area contributed by atoms with Crippen LogP contribution in [0.1, 0.15) is 22.4 Å². The number of hydrogen-bond acceptors (Lipinski definition) is 2. The van der Waals surface area contributed by atoms with Crippen molar-refractivity contribution < 1.29 is 13.2 Å². The first kappa shape index (κ1) is 20.2. The van der Waals surface area contributed by atoms with Crippen molar-refractivity contribution in [2.45, 2.75) is 25.7 Å². The Bertz CT molecular complexity index is 1090. The summed E-state index contributed by atoms with van der Waals surface area (Å²) in [5.41, 5.74) is 3.48. The van der Waals surface area contributed by atoms with E-state index >= 15 is 0 Å². The van der Waals surface area contributed by atoms with E-state index in [4.69, 9.17) is 0 Å². The molecular weight excluding hydrogens is 387 g/mol. The van der Waals surface area contributed by atoms with Crippen molar-refractivity contribution in [2.75, 3.05) is 6.54 Å². The summed E-state index contributed by atoms with van der Waals surface area (Å²) in [6, 6.07) is 19.3. The molecule has 2 aromatic carbocycles. The Kier molecular flexibility index (Phi) is 5.86. The number of halogens is 3. The predicted molar refractivity (Wildman–Crippen MR) is 112 cm³/mol. The second-order valence-electron chi connectivity index (χ2n) is 7.34. The van der Waals surface area contributed by atoms with Gasteiger partial charge in [0.1, 0.15) is 0 Å². The minimum atomic E-state index is -4.32. The number of aromatic nitrogens is 2. The average Bonchev–Trinajstić information content (AvgIpc) is 3.16. The highest BCUT2D eigenvalue weighted by molar-refractivity contribution is 5.83. The molecule has 1 N–H and O–H groups in total. The summed E-state index contributed by atoms with van der Waals surface area (Å²) < 4.78 is 38.6. The Morgan fingerprint density at radius 1 is 0.867 bits per heavy atom. The van der Waals surface area contributed by atoms with Gasteiger partial charge in [0, 0.05) is 42.9 Å². The van der Waals surface area contributed by atoms with E-state index in [0.717, 1.165) is 41.9 Å². The number of aromatic amines is 1. The van der Waals surface area contributed by atoms with Gasteiger partial charge in [0.25, 0.3) is 0 Å². The molecule has 0 aliphatic rings. The van der Waals surface area contributed by atoms with E-state index < -0.39 is 11.7 Å². The van der Waals surface area contributed by atoms with Crippen LogP contribution < -0.4 is 0 Å². The molecular formula is C24H22F3N3. The summed E-state index contributed by atoms with van der Waals surface area (Å²) in [4.78, 5) is 9.91. The average molecular weight is 409 g/mol. The minimum absolute atomic E-state index is 0.553. The second kappa shape index (κ2) is 8.71. The summed E-state index contributed by atoms with van der Waals surface area (Å²) >= 11 is 0. The molecule has 0 spiro atoms. The standard InChI is InChI=1S/C24H22F3N3/c25-24(26,27)20-10-8-18(9-11-20)16-30(17-21-5-3-4-13-28-21)14-12-19-15-29-23-7-2-1-6-22(19)23/h1-11,13,15,29H,12,14,16-17H2. The maximum Gasteiger partial charge on any atom is 0.416 e. The van der Waals surface area contributed by atoms with Gasteiger partial charge in [-0.05, 0) is 47.9 Å². The molecule has 6 heteroatoms. The van der Waals surface area contributed by atoms with Crippen molar-refractivity contribution in [3.05, 3.63) is 102 Å². The fourth-order valence-electron chi connectivity index (χ4n) is 3.61. The molecule has 2 heterocycles. The van der Waals surface area contributed by atoms with Crippen LogP contribution in [0.5, 0.6) is 0 Å². The molecule has 30 heavy (non-hydrogen) atoms. The lowest BCUT2D eigenvalue weighted by Gasteiger charge is -2.22. The Morgan fingerprint density at radius 3 is 2.37 bits per heavy atom. The molecule has 0 bridgehead atoms. The van der Waals surface area contributed by atoms with Crippen LogP contribution >= 0.6 is 0 Å². The lowest BCUT2D eigenvalue weighted by atomic mass is 10.1. The van der Waals surface area contributed by atoms with Gasteiger partial charge in [-0.15, -0.1) is 0 Å². The third kappa shape index (κ3) is 4.89. The second-order valence-corrected chi connectivity index (χ2v) is 7.34. The van der Waals surface area contributed by atoms with Gasteiger partial charge in [-0.3, -0.25) is 9.88 Å². The summed E-state index contributed by atoms with van der Waals surface area (Å²) in [6.45, 7) is 1.95. The fourth-order valence-corrected chi connectivity index (χ4v) is 3.61. The Morgan fingerprint density at radius 2 is 1.63 bits per heavy atom. The van der Waals surface area contributed by atoms with E-state index in [1.54, 1.807) is 18.3 Å². The molecule has 4 rings (SSSR count). The van der Waals surface area contributed by atoms with E-state index in [9.17, 15) is 13.2 Å². The van der Waals surface area contributed by atoms with Gasteiger partial charge in [0.05, 0.1) is 11.3 Å². The maximum absolute atomic E-state index is 12.9. The first-order valence-electron chi connectivity index (χ1n) is 9.82. The zero-order valence-electron chi connectivity index (χ0n) is 16.4. The topological polar surface area (TPSA) is 31.9 Å². The molecule has 154 valence electrons. The highest BCUT2D eigenvalue weighted by atomic mass is 19.4. The van der Waals surface area contributed by atoms with Gasteiger partial charge >= 0.3 is 6.18 Å². The molecule has 0 unspecified atom stereocenters. The molecule has 0 aliphatic heterocycles. The lowest BCUT2D eigenvalue weighted by Crippen LogP contribution is -2.25. The van der Waals surface area contributed by atoms with Gasteiger partial charge in [-0.2, -0.15) is 13.2 Å². The SMILES string of the molecule is FC(F)(F)c1ccc(CN(CCc2c[nH]c3ccccc23)Cc2ccccn2)cc1. The maximum atomic E-state index is 12.9. The number of fused-ring (bicyclic) bond motifs is 1. The zero-order valence-corrected chi connectivity index (χ0v) is 16.4. The van der Waals surface area contributed by atoms with Gasteiger partial charge in [0.15, 0.2) is 0 Å². The van der Waals surface area contributed by atoms with Crippen LogP contribution in [-0.2, 0) is 25.7 Å². The number of pyridine rings is 1. The smallest absolute Gasteiger partial charge is 0.361 e. The highest BCUT2D eigenvalue weighted by Crippen LogP contribution is 2.29. The van der Waals surface area contributed by atoms with Crippen molar-refractivity contribution in [1.29, 1.82) is 0 Å². The molecule has 0 amide bonds. The van der Waals surface area contributed by atoms with Crippen LogP contribution in [0.3, 0.4) is 0 Å². The van der Waals surface area contributed by atoms with Crippen LogP contribution in [0, 0.1) is 0 Å². The van der Waals surface area contributed by atoms with E-state index in [1.165, 1.54) is 10.9 Å². The predicted octanol–water partition coefficient (Wildman–Crippen LogP) is 5.83. The first-order chi connectivity index (χ1) is 14.5. The van der Waals surface area contributed by atoms with Gasteiger partial charge in [-0.1, -0.05) is 36.4 Å². The van der Waals surface area contributed by atoms with Crippen LogP contribution in [0.2, 0.25) is 0 Å². The minimum Gasteiger partial charge on any atom is -0.361 e. The fraction of sp³-hybridized carbons (Fsp3) is 0.208. The number of alkyl halides is 3. The highest BCUT2D eigenvalue weighted by Gasteiger charge is 2.30. The molecule has 3 nitrogen and oxygen atoms in total. The van der Waals surface area contributed by atoms with Crippen LogP contribution in [0.25, 0.3) is 10.9 Å². The molecule has 0 fully saturated rings. The van der Waals surface area contributed by atoms with E-state index in [1.807, 2.05) is 42.6 Å². The molecule has 0 aliphatic carbocycles. The molecule has 0 saturated carbocycles. The van der Waals surface area contributed by atoms with Crippen molar-refractivity contribution in [1.82, 2.24) is 14.9 Å². The third-order valence-corrected chi connectivity index (χ3v) is 5.17. The normalized spacial score (nSPS) is 12.0. The zero-order chi connectivity index (χ0) is 21.0. The van der Waals surface area contributed by atoms with Crippen LogP contribution in [0.4, 0.5) is 13.2 Å². The van der Waals surface area contributed by atoms with Crippen molar-refractivity contribution in [2.24, 2.45) is 0 Å². The van der Waals surface area contributed by atoms with E-state index in [2.05, 4.69) is 20.9 Å². The summed E-state index contributed by atoms with van der Waals surface area (Å²) in [5.74, 6) is 0. The van der Waals surface area contributed by atoms with E-state index in [-0.39, 0.29) is 0 Å². The number of para-hydroxylation sites is 1. The van der Waals surface area contributed by atoms with Gasteiger partial charge in [-0.25, -0.2) is 0 Å². The quantitative estimate of drug-likeness (QED) is 0.417. The Labute approximate surface area is 173 Å². The van der Waals surface area contributed by atoms with Crippen molar-refractivity contribution >= 4 is 10.9 Å². The number of nitrogens with zero attached hydrogens (tertiary/aromatic N) is 2. The first-order valence-corrected chi connectivity index (χ1v) is 9.82. The largest absolute Gasteiger partial charge is 0.416 e. The molecule has 0 atom stereocenters. The summed E-state index contributed by atoms with van der Waals surface area (Å²) in [7, 11) is 0. The Balaban J connectivity index is 1.50. The third-order valence-electron chi connectivity index (χ3n) is 5.17. The van der Waals surface area contributed by atoms with E-state index in [0.29, 0.717) is 13.1 Å². The van der Waals surface area contributed by atoms with Crippen molar-refractivity contribution in [3.63, 3.8) is 0 Å². The number of H-pyrrole nitrogens is 1. The molecule has 2 aromatic heterocycles. The van der Waals surface area contributed by atoms with Crippen LogP contribution in [-0.4, -0.2) is 21.4 Å². The number of hydrogen-bond donors (Lipinski definition) is 1. The monoisotopic (exact) mass is 409 g/mol. The van der Waals surface area contributed by atoms with Crippen LogP contribution in [0.15, 0.2) is 79.1 Å². The molecule has 0 saturated heterocycles. The summed E-state index contributed by atoms with van der Waals surface area (Å²) in [5, 5.41) is 1.20. The number of rotatable bonds is 7. The number of nitrogens with one attached hydrogen (secondary N) is 1. The lowest BCUT2D eigenvalue weighted by molar-refractivity contribution is -0.137. The van der Waals surface area contributed by atoms with Gasteiger partial charge < -0.3 is 4.98 Å². The van der Waals surface area contributed by atoms with Crippen molar-refractivity contribution in [3.8, 4) is 0 Å². The summed E-state index contributed by atoms with van der Waals surface area (Å²) in [6.07, 6.45) is 0.298. The molecule has 0 radical (unpaired) electrons. The Hall–Kier alpha value is -3.12. The number of benzene rings is 2. The molecule has 4 aromatic rings.